The van der Waals surface area contributed by atoms with E-state index in [0.717, 1.165) is 18.1 Å². The van der Waals surface area contributed by atoms with Gasteiger partial charge in [0.05, 0.1) is 6.20 Å². The number of ether oxygens (including phenoxy) is 1. The maximum Gasteiger partial charge on any atom is 0.183 e. The van der Waals surface area contributed by atoms with Crippen molar-refractivity contribution in [3.63, 3.8) is 0 Å². The number of anilines is 1. The minimum atomic E-state index is -0.0708. The van der Waals surface area contributed by atoms with Crippen LogP contribution in [0.3, 0.4) is 0 Å². The zero-order valence-corrected chi connectivity index (χ0v) is 12.8. The van der Waals surface area contributed by atoms with Crippen LogP contribution < -0.4 is 9.64 Å². The summed E-state index contributed by atoms with van der Waals surface area (Å²) in [6.45, 7) is 2.76. The van der Waals surface area contributed by atoms with E-state index in [4.69, 9.17) is 4.74 Å². The SMILES string of the molecule is CC1Oc2cnc(-c3ccccn3)nc2N1Cc1ccccc1. The standard InChI is InChI=1S/C18H16N4O/c1-13-22(12-14-7-3-2-4-8-14)18-16(23-13)11-20-17(21-18)15-9-5-6-10-19-15/h2-11,13H,12H2,1H3. The quantitative estimate of drug-likeness (QED) is 0.743. The highest BCUT2D eigenvalue weighted by atomic mass is 16.5. The Morgan fingerprint density at radius 2 is 1.87 bits per heavy atom. The van der Waals surface area contributed by atoms with Crippen LogP contribution in [0.1, 0.15) is 12.5 Å². The van der Waals surface area contributed by atoms with Crippen LogP contribution in [0, 0.1) is 0 Å². The number of hydrogen-bond donors (Lipinski definition) is 0. The summed E-state index contributed by atoms with van der Waals surface area (Å²) in [5.74, 6) is 2.14. The van der Waals surface area contributed by atoms with Gasteiger partial charge in [0.1, 0.15) is 5.69 Å². The van der Waals surface area contributed by atoms with Gasteiger partial charge >= 0.3 is 0 Å². The molecule has 0 N–H and O–H groups in total. The average molecular weight is 304 g/mol. The van der Waals surface area contributed by atoms with E-state index in [9.17, 15) is 0 Å². The first-order valence-electron chi connectivity index (χ1n) is 7.57. The van der Waals surface area contributed by atoms with E-state index in [1.807, 2.05) is 43.3 Å². The second kappa shape index (κ2) is 5.68. The molecule has 5 heteroatoms. The third-order valence-corrected chi connectivity index (χ3v) is 3.83. The maximum atomic E-state index is 5.86. The molecule has 0 saturated heterocycles. The molecular formula is C18H16N4O. The molecule has 0 radical (unpaired) electrons. The van der Waals surface area contributed by atoms with Crippen molar-refractivity contribution in [2.75, 3.05) is 4.90 Å². The minimum Gasteiger partial charge on any atom is -0.465 e. The van der Waals surface area contributed by atoms with Crippen LogP contribution >= 0.6 is 0 Å². The molecule has 1 aromatic carbocycles. The number of hydrogen-bond acceptors (Lipinski definition) is 5. The molecule has 0 fully saturated rings. The third-order valence-electron chi connectivity index (χ3n) is 3.83. The maximum absolute atomic E-state index is 5.86. The first kappa shape index (κ1) is 13.7. The fourth-order valence-corrected chi connectivity index (χ4v) is 2.67. The van der Waals surface area contributed by atoms with Crippen molar-refractivity contribution in [2.24, 2.45) is 0 Å². The number of aromatic nitrogens is 3. The fraction of sp³-hybridized carbons (Fsp3) is 0.167. The van der Waals surface area contributed by atoms with Gasteiger partial charge in [-0.3, -0.25) is 4.98 Å². The number of nitrogens with zero attached hydrogens (tertiary/aromatic N) is 4. The Hall–Kier alpha value is -2.95. The third kappa shape index (κ3) is 2.61. The van der Waals surface area contributed by atoms with Crippen molar-refractivity contribution in [3.05, 3.63) is 66.5 Å². The molecule has 3 heterocycles. The molecular weight excluding hydrogens is 288 g/mol. The molecule has 1 atom stereocenters. The summed E-state index contributed by atoms with van der Waals surface area (Å²) in [5, 5.41) is 0. The van der Waals surface area contributed by atoms with Crippen LogP contribution in [-0.2, 0) is 6.54 Å². The molecule has 0 bridgehead atoms. The predicted octanol–water partition coefficient (Wildman–Crippen LogP) is 3.28. The van der Waals surface area contributed by atoms with E-state index < -0.39 is 0 Å². The lowest BCUT2D eigenvalue weighted by Gasteiger charge is -2.21. The molecule has 0 amide bonds. The van der Waals surface area contributed by atoms with E-state index in [0.29, 0.717) is 11.6 Å². The van der Waals surface area contributed by atoms with Gasteiger partial charge in [-0.1, -0.05) is 36.4 Å². The van der Waals surface area contributed by atoms with Gasteiger partial charge < -0.3 is 9.64 Å². The lowest BCUT2D eigenvalue weighted by molar-refractivity contribution is 0.243. The molecule has 0 saturated carbocycles. The lowest BCUT2D eigenvalue weighted by atomic mass is 10.2. The topological polar surface area (TPSA) is 51.1 Å². The van der Waals surface area contributed by atoms with Crippen LogP contribution in [0.25, 0.3) is 11.5 Å². The van der Waals surface area contributed by atoms with Crippen LogP contribution in [0.15, 0.2) is 60.9 Å². The Kier molecular flexibility index (Phi) is 3.38. The molecule has 1 aliphatic rings. The molecule has 4 rings (SSSR count). The van der Waals surface area contributed by atoms with Crippen LogP contribution in [0.2, 0.25) is 0 Å². The number of rotatable bonds is 3. The molecule has 3 aromatic rings. The van der Waals surface area contributed by atoms with Gasteiger partial charge in [-0.15, -0.1) is 0 Å². The molecule has 0 spiro atoms. The van der Waals surface area contributed by atoms with Gasteiger partial charge in [-0.05, 0) is 24.6 Å². The summed E-state index contributed by atoms with van der Waals surface area (Å²) in [6, 6.07) is 16.0. The zero-order chi connectivity index (χ0) is 15.6. The van der Waals surface area contributed by atoms with Crippen LogP contribution in [0.4, 0.5) is 5.82 Å². The highest BCUT2D eigenvalue weighted by Gasteiger charge is 2.30. The Balaban J connectivity index is 1.70. The summed E-state index contributed by atoms with van der Waals surface area (Å²) < 4.78 is 5.86. The highest BCUT2D eigenvalue weighted by Crippen LogP contribution is 2.36. The highest BCUT2D eigenvalue weighted by molar-refractivity contribution is 5.61. The molecule has 2 aromatic heterocycles. The average Bonchev–Trinajstić information content (AvgIpc) is 2.92. The zero-order valence-electron chi connectivity index (χ0n) is 12.8. The summed E-state index contributed by atoms with van der Waals surface area (Å²) >= 11 is 0. The monoisotopic (exact) mass is 304 g/mol. The van der Waals surface area contributed by atoms with Crippen molar-refractivity contribution in [2.45, 2.75) is 19.7 Å². The smallest absolute Gasteiger partial charge is 0.183 e. The second-order valence-corrected chi connectivity index (χ2v) is 5.43. The molecule has 5 nitrogen and oxygen atoms in total. The van der Waals surface area contributed by atoms with Gasteiger partial charge in [0.15, 0.2) is 23.6 Å². The summed E-state index contributed by atoms with van der Waals surface area (Å²) in [5.41, 5.74) is 1.98. The van der Waals surface area contributed by atoms with Crippen LogP contribution in [0.5, 0.6) is 5.75 Å². The Labute approximate surface area is 134 Å². The van der Waals surface area contributed by atoms with E-state index in [-0.39, 0.29) is 6.23 Å². The van der Waals surface area contributed by atoms with Gasteiger partial charge in [0.2, 0.25) is 0 Å². The Bertz CT molecular complexity index is 808. The summed E-state index contributed by atoms with van der Waals surface area (Å²) in [4.78, 5) is 15.5. The van der Waals surface area contributed by atoms with Crippen molar-refractivity contribution in [3.8, 4) is 17.3 Å². The van der Waals surface area contributed by atoms with E-state index in [2.05, 4.69) is 32.0 Å². The first-order chi connectivity index (χ1) is 11.3. The molecule has 1 aliphatic heterocycles. The lowest BCUT2D eigenvalue weighted by Crippen LogP contribution is -2.31. The normalized spacial score (nSPS) is 16.0. The van der Waals surface area contributed by atoms with Crippen molar-refractivity contribution in [1.29, 1.82) is 0 Å². The van der Waals surface area contributed by atoms with Gasteiger partial charge in [-0.2, -0.15) is 0 Å². The van der Waals surface area contributed by atoms with Gasteiger partial charge in [-0.25, -0.2) is 9.97 Å². The minimum absolute atomic E-state index is 0.0708. The molecule has 114 valence electrons. The van der Waals surface area contributed by atoms with Crippen molar-refractivity contribution in [1.82, 2.24) is 15.0 Å². The second-order valence-electron chi connectivity index (χ2n) is 5.43. The first-order valence-corrected chi connectivity index (χ1v) is 7.57. The fourth-order valence-electron chi connectivity index (χ4n) is 2.67. The molecule has 0 aliphatic carbocycles. The Morgan fingerprint density at radius 3 is 2.65 bits per heavy atom. The summed E-state index contributed by atoms with van der Waals surface area (Å²) in [7, 11) is 0. The van der Waals surface area contributed by atoms with E-state index in [1.54, 1.807) is 12.4 Å². The largest absolute Gasteiger partial charge is 0.465 e. The summed E-state index contributed by atoms with van der Waals surface area (Å²) in [6.07, 6.45) is 3.40. The molecule has 1 unspecified atom stereocenters. The number of pyridine rings is 1. The predicted molar refractivity (Wildman–Crippen MR) is 88.0 cm³/mol. The molecule has 23 heavy (non-hydrogen) atoms. The van der Waals surface area contributed by atoms with Gasteiger partial charge in [0, 0.05) is 12.7 Å². The van der Waals surface area contributed by atoms with Gasteiger partial charge in [0.25, 0.3) is 0 Å². The Morgan fingerprint density at radius 1 is 1.04 bits per heavy atom. The van der Waals surface area contributed by atoms with E-state index >= 15 is 0 Å². The number of fused-ring (bicyclic) bond motifs is 1. The van der Waals surface area contributed by atoms with Crippen molar-refractivity contribution < 1.29 is 4.74 Å². The number of benzene rings is 1. The van der Waals surface area contributed by atoms with E-state index in [1.165, 1.54) is 5.56 Å². The van der Waals surface area contributed by atoms with Crippen molar-refractivity contribution >= 4 is 5.82 Å². The van der Waals surface area contributed by atoms with Crippen LogP contribution in [-0.4, -0.2) is 21.2 Å².